The first-order chi connectivity index (χ1) is 14.0. The smallest absolute Gasteiger partial charge is 0.412 e. The molecule has 2 aromatic rings. The van der Waals surface area contributed by atoms with Crippen molar-refractivity contribution in [3.05, 3.63) is 47.8 Å². The van der Waals surface area contributed by atoms with E-state index in [1.807, 2.05) is 0 Å². The van der Waals surface area contributed by atoms with Crippen molar-refractivity contribution in [1.82, 2.24) is 4.98 Å². The molecule has 1 aromatic carbocycles. The van der Waals surface area contributed by atoms with E-state index in [-0.39, 0.29) is 5.69 Å². The predicted octanol–water partition coefficient (Wildman–Crippen LogP) is 3.43. The summed E-state index contributed by atoms with van der Waals surface area (Å²) in [6, 6.07) is 8.53. The van der Waals surface area contributed by atoms with Crippen LogP contribution in [0.4, 0.5) is 24.5 Å². The molecule has 0 aliphatic heterocycles. The maximum Gasteiger partial charge on any atom is 0.419 e. The fourth-order valence-corrected chi connectivity index (χ4v) is 3.16. The Kier molecular flexibility index (Phi) is 6.64. The highest BCUT2D eigenvalue weighted by atomic mass is 32.1. The summed E-state index contributed by atoms with van der Waals surface area (Å²) in [5.41, 5.74) is -1.56. The molecule has 11 heteroatoms. The van der Waals surface area contributed by atoms with Crippen LogP contribution in [0.2, 0.25) is 0 Å². The van der Waals surface area contributed by atoms with E-state index in [0.717, 1.165) is 11.1 Å². The molecule has 2 rings (SSSR count). The molecule has 0 saturated heterocycles. The highest BCUT2D eigenvalue weighted by Gasteiger charge is 2.39. The zero-order valence-corrected chi connectivity index (χ0v) is 17.1. The zero-order valence-electron chi connectivity index (χ0n) is 16.3. The second-order valence-electron chi connectivity index (χ2n) is 6.71. The summed E-state index contributed by atoms with van der Waals surface area (Å²) in [5, 5.41) is 8.89. The lowest BCUT2D eigenvalue weighted by Gasteiger charge is -2.38. The summed E-state index contributed by atoms with van der Waals surface area (Å²) in [4.78, 5) is 23.9. The molecular weight excluding hydrogens is 419 g/mol. The molecule has 0 aliphatic carbocycles. The van der Waals surface area contributed by atoms with Crippen LogP contribution < -0.4 is 20.5 Å². The van der Waals surface area contributed by atoms with Gasteiger partial charge in [-0.05, 0) is 44.2 Å². The second-order valence-corrected chi connectivity index (χ2v) is 6.92. The summed E-state index contributed by atoms with van der Waals surface area (Å²) in [6.07, 6.45) is -3.75. The standard InChI is InChI=1S/C19H18F3N5O2S/c1-18(2,27(11-30)12-4-6-14(29-24)7-5-12)17(28)26(3)13-8-15(19(20,21)22)16(9-23)25-10-13/h4-8,10-11H,24H2,1-3H3. The van der Waals surface area contributed by atoms with Crippen molar-refractivity contribution in [3.8, 4) is 11.8 Å². The highest BCUT2D eigenvalue weighted by molar-refractivity contribution is 7.79. The van der Waals surface area contributed by atoms with Gasteiger partial charge in [0.05, 0.1) is 22.9 Å². The Balaban J connectivity index is 2.41. The molecular formula is C19H18F3N5O2S. The van der Waals surface area contributed by atoms with Crippen LogP contribution in [0.1, 0.15) is 25.1 Å². The van der Waals surface area contributed by atoms with Crippen LogP contribution in [0.25, 0.3) is 0 Å². The van der Waals surface area contributed by atoms with E-state index in [4.69, 9.17) is 23.4 Å². The molecule has 0 aliphatic rings. The summed E-state index contributed by atoms with van der Waals surface area (Å²) in [5.74, 6) is 4.94. The number of alkyl halides is 3. The summed E-state index contributed by atoms with van der Waals surface area (Å²) >= 11 is 5.07. The molecule has 0 atom stereocenters. The largest absolute Gasteiger partial charge is 0.419 e. The van der Waals surface area contributed by atoms with Gasteiger partial charge in [-0.2, -0.15) is 24.3 Å². The molecule has 0 spiro atoms. The zero-order chi connectivity index (χ0) is 22.7. The Morgan fingerprint density at radius 1 is 1.27 bits per heavy atom. The third kappa shape index (κ3) is 4.50. The van der Waals surface area contributed by atoms with Gasteiger partial charge in [0.1, 0.15) is 17.4 Å². The SMILES string of the molecule is CN(C(=O)C(C)(C)N(C=S)c1ccc(ON)cc1)c1cnc(C#N)c(C(F)(F)F)c1. The summed E-state index contributed by atoms with van der Waals surface area (Å²) in [6.45, 7) is 3.15. The van der Waals surface area contributed by atoms with Gasteiger partial charge in [-0.15, -0.1) is 0 Å². The first-order valence-corrected chi connectivity index (χ1v) is 8.91. The summed E-state index contributed by atoms with van der Waals surface area (Å²) < 4.78 is 39.7. The number of rotatable bonds is 6. The number of nitriles is 1. The number of benzene rings is 1. The number of thiocarbonyl (C=S) groups is 1. The van der Waals surface area contributed by atoms with Gasteiger partial charge >= 0.3 is 6.18 Å². The van der Waals surface area contributed by atoms with E-state index in [0.29, 0.717) is 17.5 Å². The average Bonchev–Trinajstić information content (AvgIpc) is 2.72. The van der Waals surface area contributed by atoms with Gasteiger partial charge in [-0.25, -0.2) is 4.98 Å². The van der Waals surface area contributed by atoms with Crippen LogP contribution in [0.3, 0.4) is 0 Å². The van der Waals surface area contributed by atoms with Crippen molar-refractivity contribution in [2.24, 2.45) is 5.90 Å². The molecule has 0 bridgehead atoms. The van der Waals surface area contributed by atoms with E-state index in [1.165, 1.54) is 23.5 Å². The highest BCUT2D eigenvalue weighted by Crippen LogP contribution is 2.34. The minimum atomic E-state index is -4.79. The predicted molar refractivity (Wildman–Crippen MR) is 109 cm³/mol. The normalized spacial score (nSPS) is 11.4. The Morgan fingerprint density at radius 3 is 2.33 bits per heavy atom. The molecule has 0 radical (unpaired) electrons. The third-order valence-corrected chi connectivity index (χ3v) is 4.67. The minimum Gasteiger partial charge on any atom is -0.412 e. The Morgan fingerprint density at radius 2 is 1.87 bits per heavy atom. The monoisotopic (exact) mass is 437 g/mol. The van der Waals surface area contributed by atoms with Crippen LogP contribution in [0.15, 0.2) is 36.5 Å². The molecule has 1 heterocycles. The fraction of sp³-hybridized carbons (Fsp3) is 0.263. The van der Waals surface area contributed by atoms with Gasteiger partial charge in [0.2, 0.25) is 0 Å². The fourth-order valence-electron chi connectivity index (χ4n) is 2.77. The van der Waals surface area contributed by atoms with Crippen molar-refractivity contribution in [2.75, 3.05) is 16.8 Å². The van der Waals surface area contributed by atoms with Crippen molar-refractivity contribution in [2.45, 2.75) is 25.6 Å². The van der Waals surface area contributed by atoms with Crippen LogP contribution in [0.5, 0.6) is 5.75 Å². The first-order valence-electron chi connectivity index (χ1n) is 8.44. The maximum absolute atomic E-state index is 13.2. The Labute approximate surface area is 176 Å². The van der Waals surface area contributed by atoms with E-state index in [9.17, 15) is 18.0 Å². The van der Waals surface area contributed by atoms with Crippen LogP contribution >= 0.6 is 12.2 Å². The quantitative estimate of drug-likeness (QED) is 0.546. The molecule has 0 saturated carbocycles. The van der Waals surface area contributed by atoms with Gasteiger partial charge in [0.25, 0.3) is 5.91 Å². The summed E-state index contributed by atoms with van der Waals surface area (Å²) in [7, 11) is 1.32. The number of anilines is 2. The molecule has 158 valence electrons. The Bertz CT molecular complexity index is 987. The Hall–Kier alpha value is -3.23. The number of halogens is 3. The molecule has 7 nitrogen and oxygen atoms in total. The molecule has 30 heavy (non-hydrogen) atoms. The van der Waals surface area contributed by atoms with Gasteiger partial charge in [-0.1, -0.05) is 12.2 Å². The van der Waals surface area contributed by atoms with E-state index in [1.54, 1.807) is 38.1 Å². The van der Waals surface area contributed by atoms with Crippen LogP contribution in [-0.2, 0) is 11.0 Å². The molecule has 0 unspecified atom stereocenters. The lowest BCUT2D eigenvalue weighted by atomic mass is 9.99. The van der Waals surface area contributed by atoms with Crippen LogP contribution in [0, 0.1) is 11.3 Å². The lowest BCUT2D eigenvalue weighted by Crippen LogP contribution is -2.55. The van der Waals surface area contributed by atoms with Gasteiger partial charge in [-0.3, -0.25) is 4.79 Å². The van der Waals surface area contributed by atoms with Crippen molar-refractivity contribution < 1.29 is 22.8 Å². The number of hydrogen-bond donors (Lipinski definition) is 1. The number of pyridine rings is 1. The topological polar surface area (TPSA) is 95.5 Å². The van der Waals surface area contributed by atoms with E-state index >= 15 is 0 Å². The third-order valence-electron chi connectivity index (χ3n) is 4.46. The molecule has 1 aromatic heterocycles. The van der Waals surface area contributed by atoms with Crippen molar-refractivity contribution in [3.63, 3.8) is 0 Å². The van der Waals surface area contributed by atoms with E-state index in [2.05, 4.69) is 9.82 Å². The number of hydrogen-bond acceptors (Lipinski definition) is 6. The van der Waals surface area contributed by atoms with Gasteiger partial charge < -0.3 is 14.6 Å². The number of likely N-dealkylation sites (N-methyl/N-ethyl adjacent to an activating group) is 1. The van der Waals surface area contributed by atoms with Crippen molar-refractivity contribution >= 4 is 35.0 Å². The van der Waals surface area contributed by atoms with Crippen LogP contribution in [-0.4, -0.2) is 29.0 Å². The number of aromatic nitrogens is 1. The number of carbonyl (C=O) groups excluding carboxylic acids is 1. The minimum absolute atomic E-state index is 0.115. The van der Waals surface area contributed by atoms with Gasteiger partial charge in [0, 0.05) is 12.7 Å². The number of nitrogens with zero attached hydrogens (tertiary/aromatic N) is 4. The molecule has 0 fully saturated rings. The van der Waals surface area contributed by atoms with Crippen molar-refractivity contribution in [1.29, 1.82) is 5.26 Å². The van der Waals surface area contributed by atoms with Gasteiger partial charge in [0.15, 0.2) is 5.69 Å². The lowest BCUT2D eigenvalue weighted by molar-refractivity contribution is -0.138. The first kappa shape index (κ1) is 23.1. The van der Waals surface area contributed by atoms with E-state index < -0.39 is 28.9 Å². The average molecular weight is 437 g/mol. The molecule has 2 N–H and O–H groups in total. The number of amides is 1. The molecule has 1 amide bonds. The maximum atomic E-state index is 13.2. The number of nitrogens with two attached hydrogens (primary N) is 1. The second kappa shape index (κ2) is 8.64. The number of carbonyl (C=O) groups is 1.